The number of rotatable bonds is 3. The van der Waals surface area contributed by atoms with Crippen molar-refractivity contribution in [1.29, 1.82) is 0 Å². The zero-order valence-electron chi connectivity index (χ0n) is 28.3. The molecule has 2 aromatic carbocycles. The molecular formula is C37H47ClN4O6S. The molecule has 0 radical (unpaired) electrons. The molecule has 7 rings (SSSR count). The van der Waals surface area contributed by atoms with Crippen LogP contribution in [0.1, 0.15) is 66.9 Å². The predicted octanol–water partition coefficient (Wildman–Crippen LogP) is 6.06. The van der Waals surface area contributed by atoms with Crippen LogP contribution in [0.5, 0.6) is 5.75 Å². The summed E-state index contributed by atoms with van der Waals surface area (Å²) >= 11 is 6.45. The van der Waals surface area contributed by atoms with E-state index in [1.165, 1.54) is 11.1 Å². The maximum atomic E-state index is 14.4. The number of aryl methyl sites for hydroxylation is 1. The minimum absolute atomic E-state index is 0.0213. The van der Waals surface area contributed by atoms with Crippen molar-refractivity contribution in [3.63, 3.8) is 0 Å². The third-order valence-electron chi connectivity index (χ3n) is 11.0. The molecular weight excluding hydrogens is 664 g/mol. The molecule has 2 aliphatic carbocycles. The zero-order valence-corrected chi connectivity index (χ0v) is 29.9. The molecule has 5 aliphatic rings. The van der Waals surface area contributed by atoms with E-state index in [1.54, 1.807) is 13.2 Å². The number of nitrogens with one attached hydrogen (secondary N) is 2. The summed E-state index contributed by atoms with van der Waals surface area (Å²) in [6.07, 6.45) is 10.6. The van der Waals surface area contributed by atoms with E-state index < -0.39 is 21.9 Å². The molecule has 3 amide bonds. The number of benzene rings is 2. The van der Waals surface area contributed by atoms with Crippen molar-refractivity contribution >= 4 is 39.1 Å². The van der Waals surface area contributed by atoms with Crippen LogP contribution in [0.25, 0.3) is 0 Å². The number of hydrogen-bond donors (Lipinski definition) is 2. The van der Waals surface area contributed by atoms with E-state index in [-0.39, 0.29) is 29.2 Å². The Morgan fingerprint density at radius 1 is 1.18 bits per heavy atom. The minimum Gasteiger partial charge on any atom is -0.490 e. The van der Waals surface area contributed by atoms with Gasteiger partial charge in [0.2, 0.25) is 0 Å². The normalized spacial score (nSPS) is 33.6. The first-order chi connectivity index (χ1) is 23.6. The average Bonchev–Trinajstić information content (AvgIpc) is 3.51. The highest BCUT2D eigenvalue weighted by Crippen LogP contribution is 2.47. The fraction of sp³-hybridized carbons (Fsp3) is 0.568. The number of halogens is 1. The van der Waals surface area contributed by atoms with Crippen LogP contribution in [0.3, 0.4) is 0 Å². The Morgan fingerprint density at radius 2 is 2.06 bits per heavy atom. The van der Waals surface area contributed by atoms with E-state index >= 15 is 0 Å². The largest absolute Gasteiger partial charge is 0.490 e. The van der Waals surface area contributed by atoms with Crippen LogP contribution in [0.15, 0.2) is 52.9 Å². The van der Waals surface area contributed by atoms with Gasteiger partial charge in [-0.25, -0.2) is 9.00 Å². The van der Waals surface area contributed by atoms with Gasteiger partial charge in [0.25, 0.3) is 5.91 Å². The van der Waals surface area contributed by atoms with Crippen molar-refractivity contribution in [2.45, 2.75) is 69.4 Å². The topological polar surface area (TPSA) is 119 Å². The number of hydrogen-bond acceptors (Lipinski definition) is 7. The highest BCUT2D eigenvalue weighted by molar-refractivity contribution is 7.92. The third-order valence-corrected chi connectivity index (χ3v) is 13.3. The molecule has 49 heavy (non-hydrogen) atoms. The third kappa shape index (κ3) is 7.36. The van der Waals surface area contributed by atoms with Gasteiger partial charge < -0.3 is 24.4 Å². The number of ether oxygens (including phenoxy) is 3. The lowest BCUT2D eigenvalue weighted by atomic mass is 9.68. The molecule has 7 atom stereocenters. The van der Waals surface area contributed by atoms with Crippen LogP contribution in [-0.4, -0.2) is 74.1 Å². The second-order valence-corrected chi connectivity index (χ2v) is 17.0. The Bertz CT molecular complexity index is 1740. The van der Waals surface area contributed by atoms with Gasteiger partial charge >= 0.3 is 6.03 Å². The summed E-state index contributed by atoms with van der Waals surface area (Å²) < 4.78 is 39.2. The predicted molar refractivity (Wildman–Crippen MR) is 191 cm³/mol. The quantitative estimate of drug-likeness (QED) is 0.372. The van der Waals surface area contributed by atoms with E-state index in [0.717, 1.165) is 55.9 Å². The number of urea groups is 1. The average molecular weight is 711 g/mol. The maximum Gasteiger partial charge on any atom is 0.327 e. The van der Waals surface area contributed by atoms with Crippen LogP contribution in [0.2, 0.25) is 5.02 Å². The van der Waals surface area contributed by atoms with Crippen molar-refractivity contribution in [2.24, 2.45) is 22.1 Å². The highest BCUT2D eigenvalue weighted by Gasteiger charge is 2.44. The second kappa shape index (κ2) is 14.2. The molecule has 1 unspecified atom stereocenters. The summed E-state index contributed by atoms with van der Waals surface area (Å²) in [7, 11) is -1.72. The SMILES string of the molecule is CO[C@H]1/C=C/C[C@H](C)CS(=O)(NC(=O)N[C@@H]2CCOC2)=NC(=O)c2ccc3c(c2)N(C[C@@H]2CC[C@H]21)C[C@@]1(CCCc2cc(Cl)ccc21)CO3. The van der Waals surface area contributed by atoms with E-state index in [2.05, 4.69) is 43.6 Å². The standard InChI is InChI=1S/C37H47ClN4O6S/c1-24-5-3-7-33(46-2)30-11-8-27(30)19-42-22-37(15-4-6-25-17-28(38)10-12-31(25)37)23-48-34-13-9-26(18-32(34)42)35(43)40-49(45,21-24)41-36(44)39-29-14-16-47-20-29/h3,7,9-10,12-13,17-18,24,27,29-30,33H,4-6,8,11,14-16,19-23H2,1-2H3,(H2,39,40,41,43,44,45)/b7-3+/t24-,27-,29+,30+,33-,37-,49?/m0/s1. The Labute approximate surface area is 294 Å². The van der Waals surface area contributed by atoms with Gasteiger partial charge in [0.05, 0.1) is 36.8 Å². The number of fused-ring (bicyclic) bond motifs is 4. The van der Waals surface area contributed by atoms with Gasteiger partial charge in [-0.2, -0.15) is 0 Å². The van der Waals surface area contributed by atoms with Gasteiger partial charge in [-0.15, -0.1) is 4.36 Å². The van der Waals surface area contributed by atoms with Gasteiger partial charge in [0.1, 0.15) is 15.7 Å². The van der Waals surface area contributed by atoms with Crippen LogP contribution in [-0.2, 0) is 31.2 Å². The number of carbonyl (C=O) groups is 2. The Hall–Kier alpha value is -3.12. The molecule has 2 bridgehead atoms. The summed E-state index contributed by atoms with van der Waals surface area (Å²) in [5.41, 5.74) is 3.42. The maximum absolute atomic E-state index is 14.4. The van der Waals surface area contributed by atoms with Crippen LogP contribution in [0, 0.1) is 17.8 Å². The number of nitrogens with zero attached hydrogens (tertiary/aromatic N) is 2. The number of methoxy groups -OCH3 is 1. The van der Waals surface area contributed by atoms with E-state index in [4.69, 9.17) is 25.8 Å². The summed E-state index contributed by atoms with van der Waals surface area (Å²) in [6, 6.07) is 10.8. The summed E-state index contributed by atoms with van der Waals surface area (Å²) in [6.45, 7) is 4.92. The van der Waals surface area contributed by atoms with Crippen LogP contribution >= 0.6 is 11.6 Å². The zero-order chi connectivity index (χ0) is 34.2. The lowest BCUT2D eigenvalue weighted by molar-refractivity contribution is 0.0131. The Balaban J connectivity index is 1.28. The van der Waals surface area contributed by atoms with Crippen LogP contribution < -0.4 is 19.7 Å². The molecule has 12 heteroatoms. The number of amides is 3. The summed E-state index contributed by atoms with van der Waals surface area (Å²) in [4.78, 5) is 29.3. The van der Waals surface area contributed by atoms with Crippen molar-refractivity contribution in [3.05, 3.63) is 70.3 Å². The number of carbonyl (C=O) groups excluding carboxylic acids is 2. The number of allylic oxidation sites excluding steroid dienone is 1. The van der Waals surface area contributed by atoms with Gasteiger partial charge in [-0.3, -0.25) is 9.52 Å². The fourth-order valence-corrected chi connectivity index (χ4v) is 10.4. The van der Waals surface area contributed by atoms with E-state index in [0.29, 0.717) is 55.8 Å². The van der Waals surface area contributed by atoms with E-state index in [9.17, 15) is 13.8 Å². The van der Waals surface area contributed by atoms with Crippen molar-refractivity contribution in [2.75, 3.05) is 50.7 Å². The van der Waals surface area contributed by atoms with Gasteiger partial charge in [-0.05, 0) is 104 Å². The Kier molecular flexibility index (Phi) is 9.98. The van der Waals surface area contributed by atoms with Crippen molar-refractivity contribution in [3.8, 4) is 5.75 Å². The summed E-state index contributed by atoms with van der Waals surface area (Å²) in [5.74, 6) is 0.711. The second-order valence-electron chi connectivity index (χ2n) is 14.6. The first-order valence-corrected chi connectivity index (χ1v) is 19.7. The van der Waals surface area contributed by atoms with E-state index in [1.807, 2.05) is 25.1 Å². The van der Waals surface area contributed by atoms with Gasteiger partial charge in [0, 0.05) is 42.8 Å². The highest BCUT2D eigenvalue weighted by atomic mass is 35.5. The monoisotopic (exact) mass is 710 g/mol. The first kappa shape index (κ1) is 34.3. The molecule has 1 spiro atoms. The first-order valence-electron chi connectivity index (χ1n) is 17.6. The molecule has 2 fully saturated rings. The smallest absolute Gasteiger partial charge is 0.327 e. The molecule has 1 saturated heterocycles. The molecule has 3 heterocycles. The lowest BCUT2D eigenvalue weighted by Crippen LogP contribution is -2.49. The van der Waals surface area contributed by atoms with Gasteiger partial charge in [0.15, 0.2) is 0 Å². The molecule has 264 valence electrons. The molecule has 10 nitrogen and oxygen atoms in total. The van der Waals surface area contributed by atoms with Gasteiger partial charge in [-0.1, -0.05) is 36.7 Å². The molecule has 2 aromatic rings. The minimum atomic E-state index is -3.48. The lowest BCUT2D eigenvalue weighted by Gasteiger charge is -2.46. The fourth-order valence-electron chi connectivity index (χ4n) is 8.38. The molecule has 2 N–H and O–H groups in total. The van der Waals surface area contributed by atoms with Crippen molar-refractivity contribution < 1.29 is 28.0 Å². The summed E-state index contributed by atoms with van der Waals surface area (Å²) in [5, 5.41) is 3.57. The molecule has 1 saturated carbocycles. The molecule has 0 aromatic heterocycles. The number of anilines is 1. The molecule has 3 aliphatic heterocycles. The van der Waals surface area contributed by atoms with Crippen LogP contribution in [0.4, 0.5) is 10.5 Å². The Morgan fingerprint density at radius 3 is 2.84 bits per heavy atom. The van der Waals surface area contributed by atoms with Crippen molar-refractivity contribution in [1.82, 2.24) is 10.0 Å².